The third-order valence-corrected chi connectivity index (χ3v) is 3.98. The molecular weight excluding hydrogens is 176 g/mol. The Balaban J connectivity index is 1.95. The average Bonchev–Trinajstić information content (AvgIpc) is 2.38. The van der Waals surface area contributed by atoms with Crippen LogP contribution in [0.15, 0.2) is 0 Å². The Labute approximate surface area is 86.6 Å². The molecule has 2 fully saturated rings. The molecule has 2 heteroatoms. The van der Waals surface area contributed by atoms with Crippen LogP contribution in [0.2, 0.25) is 0 Å². The van der Waals surface area contributed by atoms with Gasteiger partial charge < -0.3 is 9.84 Å². The molecule has 2 aliphatic rings. The van der Waals surface area contributed by atoms with E-state index >= 15 is 0 Å². The number of ether oxygens (including phenoxy) is 1. The molecule has 4 unspecified atom stereocenters. The highest BCUT2D eigenvalue weighted by Crippen LogP contribution is 2.38. The van der Waals surface area contributed by atoms with Crippen LogP contribution in [0.5, 0.6) is 0 Å². The standard InChI is InChI=1S/C12H22O2/c1-2-12-8-9-3-4-11(13)7-10(9)5-6-14-12/h9-13H,2-8H2,1H3. The number of hydrogen-bond donors (Lipinski definition) is 1. The topological polar surface area (TPSA) is 29.5 Å². The summed E-state index contributed by atoms with van der Waals surface area (Å²) < 4.78 is 5.80. The summed E-state index contributed by atoms with van der Waals surface area (Å²) in [4.78, 5) is 0. The van der Waals surface area contributed by atoms with Gasteiger partial charge in [-0.2, -0.15) is 0 Å². The maximum absolute atomic E-state index is 9.62. The molecule has 1 saturated heterocycles. The van der Waals surface area contributed by atoms with Crippen molar-refractivity contribution in [1.29, 1.82) is 0 Å². The molecule has 1 aliphatic heterocycles. The second kappa shape index (κ2) is 4.63. The highest BCUT2D eigenvalue weighted by atomic mass is 16.5. The van der Waals surface area contributed by atoms with E-state index in [1.807, 2.05) is 0 Å². The van der Waals surface area contributed by atoms with Crippen LogP contribution in [-0.4, -0.2) is 23.9 Å². The predicted octanol–water partition coefficient (Wildman–Crippen LogP) is 2.35. The molecule has 2 nitrogen and oxygen atoms in total. The summed E-state index contributed by atoms with van der Waals surface area (Å²) in [6.45, 7) is 3.12. The van der Waals surface area contributed by atoms with Gasteiger partial charge in [-0.05, 0) is 50.4 Å². The monoisotopic (exact) mass is 198 g/mol. The average molecular weight is 198 g/mol. The van der Waals surface area contributed by atoms with E-state index < -0.39 is 0 Å². The van der Waals surface area contributed by atoms with Gasteiger partial charge in [-0.15, -0.1) is 0 Å². The summed E-state index contributed by atoms with van der Waals surface area (Å²) in [5, 5.41) is 9.62. The van der Waals surface area contributed by atoms with E-state index in [9.17, 15) is 5.11 Å². The maximum atomic E-state index is 9.62. The first-order valence-electron chi connectivity index (χ1n) is 6.09. The molecule has 0 aromatic heterocycles. The van der Waals surface area contributed by atoms with Crippen LogP contribution in [-0.2, 0) is 4.74 Å². The zero-order valence-corrected chi connectivity index (χ0v) is 9.11. The first-order chi connectivity index (χ1) is 6.79. The second-order valence-electron chi connectivity index (χ2n) is 4.91. The molecule has 0 spiro atoms. The fraction of sp³-hybridized carbons (Fsp3) is 1.00. The van der Waals surface area contributed by atoms with Crippen molar-refractivity contribution in [3.8, 4) is 0 Å². The van der Waals surface area contributed by atoms with Crippen molar-refractivity contribution in [1.82, 2.24) is 0 Å². The molecule has 1 saturated carbocycles. The maximum Gasteiger partial charge on any atom is 0.0575 e. The summed E-state index contributed by atoms with van der Waals surface area (Å²) in [6, 6.07) is 0. The van der Waals surface area contributed by atoms with Gasteiger partial charge in [0.1, 0.15) is 0 Å². The highest BCUT2D eigenvalue weighted by Gasteiger charge is 2.33. The van der Waals surface area contributed by atoms with Crippen molar-refractivity contribution in [3.63, 3.8) is 0 Å². The molecular formula is C12H22O2. The first kappa shape index (κ1) is 10.4. The Morgan fingerprint density at radius 3 is 2.71 bits per heavy atom. The molecule has 0 radical (unpaired) electrons. The second-order valence-corrected chi connectivity index (χ2v) is 4.91. The van der Waals surface area contributed by atoms with Crippen molar-refractivity contribution in [2.24, 2.45) is 11.8 Å². The molecule has 0 aromatic carbocycles. The lowest BCUT2D eigenvalue weighted by Crippen LogP contribution is -2.28. The van der Waals surface area contributed by atoms with E-state index in [1.54, 1.807) is 0 Å². The van der Waals surface area contributed by atoms with Gasteiger partial charge in [-0.25, -0.2) is 0 Å². The Bertz CT molecular complexity index is 181. The van der Waals surface area contributed by atoms with E-state index in [4.69, 9.17) is 4.74 Å². The largest absolute Gasteiger partial charge is 0.393 e. The minimum atomic E-state index is -0.0329. The lowest BCUT2D eigenvalue weighted by atomic mass is 9.74. The molecule has 14 heavy (non-hydrogen) atoms. The van der Waals surface area contributed by atoms with Crippen molar-refractivity contribution in [3.05, 3.63) is 0 Å². The number of aliphatic hydroxyl groups is 1. The SMILES string of the molecule is CCC1CC2CCC(O)CC2CCO1. The van der Waals surface area contributed by atoms with Crippen LogP contribution in [0.25, 0.3) is 0 Å². The van der Waals surface area contributed by atoms with Crippen LogP contribution >= 0.6 is 0 Å². The minimum absolute atomic E-state index is 0.0329. The summed E-state index contributed by atoms with van der Waals surface area (Å²) in [6.07, 6.45) is 7.24. The normalized spacial score (nSPS) is 44.1. The molecule has 1 N–H and O–H groups in total. The molecule has 82 valence electrons. The summed E-state index contributed by atoms with van der Waals surface area (Å²) in [7, 11) is 0. The van der Waals surface area contributed by atoms with Crippen LogP contribution in [0.4, 0.5) is 0 Å². The van der Waals surface area contributed by atoms with Crippen molar-refractivity contribution in [2.45, 2.75) is 57.7 Å². The summed E-state index contributed by atoms with van der Waals surface area (Å²) in [5.74, 6) is 1.56. The third-order valence-electron chi connectivity index (χ3n) is 3.98. The minimum Gasteiger partial charge on any atom is -0.393 e. The van der Waals surface area contributed by atoms with Gasteiger partial charge in [0, 0.05) is 6.61 Å². The van der Waals surface area contributed by atoms with Crippen LogP contribution in [0.3, 0.4) is 0 Å². The lowest BCUT2D eigenvalue weighted by molar-refractivity contribution is 0.0483. The van der Waals surface area contributed by atoms with Gasteiger partial charge in [0.25, 0.3) is 0 Å². The number of aliphatic hydroxyl groups excluding tert-OH is 1. The fourth-order valence-electron chi connectivity index (χ4n) is 3.04. The van der Waals surface area contributed by atoms with Crippen molar-refractivity contribution in [2.75, 3.05) is 6.61 Å². The van der Waals surface area contributed by atoms with Gasteiger partial charge in [0.05, 0.1) is 12.2 Å². The predicted molar refractivity (Wildman–Crippen MR) is 56.1 cm³/mol. The highest BCUT2D eigenvalue weighted by molar-refractivity contribution is 4.83. The summed E-state index contributed by atoms with van der Waals surface area (Å²) in [5.41, 5.74) is 0. The zero-order chi connectivity index (χ0) is 9.97. The molecule has 2 rings (SSSR count). The smallest absolute Gasteiger partial charge is 0.0575 e. The molecule has 1 aliphatic carbocycles. The van der Waals surface area contributed by atoms with Crippen LogP contribution in [0.1, 0.15) is 45.4 Å². The van der Waals surface area contributed by atoms with Crippen molar-refractivity contribution < 1.29 is 9.84 Å². The third kappa shape index (κ3) is 2.29. The Hall–Kier alpha value is -0.0800. The van der Waals surface area contributed by atoms with Gasteiger partial charge >= 0.3 is 0 Å². The van der Waals surface area contributed by atoms with Gasteiger partial charge in [0.2, 0.25) is 0 Å². The number of rotatable bonds is 1. The lowest BCUT2D eigenvalue weighted by Gasteiger charge is -2.33. The Morgan fingerprint density at radius 1 is 1.14 bits per heavy atom. The molecule has 0 aromatic rings. The van der Waals surface area contributed by atoms with E-state index in [-0.39, 0.29) is 6.10 Å². The Kier molecular flexibility index (Phi) is 3.45. The van der Waals surface area contributed by atoms with E-state index in [0.29, 0.717) is 6.10 Å². The van der Waals surface area contributed by atoms with E-state index in [0.717, 1.165) is 44.1 Å². The summed E-state index contributed by atoms with van der Waals surface area (Å²) >= 11 is 0. The molecule has 0 bridgehead atoms. The Morgan fingerprint density at radius 2 is 1.93 bits per heavy atom. The van der Waals surface area contributed by atoms with Crippen molar-refractivity contribution >= 4 is 0 Å². The van der Waals surface area contributed by atoms with Gasteiger partial charge in [-0.1, -0.05) is 6.92 Å². The van der Waals surface area contributed by atoms with Crippen LogP contribution in [0, 0.1) is 11.8 Å². The first-order valence-corrected chi connectivity index (χ1v) is 6.09. The van der Waals surface area contributed by atoms with E-state index in [1.165, 1.54) is 12.8 Å². The number of hydrogen-bond acceptors (Lipinski definition) is 2. The van der Waals surface area contributed by atoms with Gasteiger partial charge in [-0.3, -0.25) is 0 Å². The number of fused-ring (bicyclic) bond motifs is 1. The molecule has 1 heterocycles. The van der Waals surface area contributed by atoms with E-state index in [2.05, 4.69) is 6.92 Å². The molecule has 4 atom stereocenters. The zero-order valence-electron chi connectivity index (χ0n) is 9.11. The quantitative estimate of drug-likeness (QED) is 0.701. The van der Waals surface area contributed by atoms with Crippen LogP contribution < -0.4 is 0 Å². The fourth-order valence-corrected chi connectivity index (χ4v) is 3.04. The van der Waals surface area contributed by atoms with Gasteiger partial charge in [0.15, 0.2) is 0 Å². The molecule has 0 amide bonds.